The Hall–Kier alpha value is -6.86. The molecule has 2 aromatic heterocycles. The summed E-state index contributed by atoms with van der Waals surface area (Å²) in [5, 5.41) is 17.8. The van der Waals surface area contributed by atoms with Crippen LogP contribution in [0.15, 0.2) is 73.1 Å². The summed E-state index contributed by atoms with van der Waals surface area (Å²) in [7, 11) is 1.66. The van der Waals surface area contributed by atoms with E-state index in [4.69, 9.17) is 25.8 Å². The Bertz CT molecular complexity index is 2610. The summed E-state index contributed by atoms with van der Waals surface area (Å²) in [6, 6.07) is 16.4. The second kappa shape index (κ2) is 18.7. The number of carbonyl (C=O) groups is 6. The van der Waals surface area contributed by atoms with Gasteiger partial charge in [0.1, 0.15) is 29.3 Å². The Morgan fingerprint density at radius 1 is 0.800 bits per heavy atom. The van der Waals surface area contributed by atoms with Gasteiger partial charge in [-0.2, -0.15) is 4.68 Å². The summed E-state index contributed by atoms with van der Waals surface area (Å²) in [6.07, 6.45) is 2.12. The molecular weight excluding hydrogens is 860 g/mol. The van der Waals surface area contributed by atoms with Gasteiger partial charge in [-0.3, -0.25) is 14.4 Å². The van der Waals surface area contributed by atoms with Crippen molar-refractivity contribution in [1.29, 1.82) is 0 Å². The molecule has 0 unspecified atom stereocenters. The largest absolute Gasteiger partial charge is 0.455 e. The first-order chi connectivity index (χ1) is 30.8. The van der Waals surface area contributed by atoms with E-state index in [2.05, 4.69) is 26.2 Å². The molecule has 20 heteroatoms. The predicted molar refractivity (Wildman–Crippen MR) is 240 cm³/mol. The maximum absolute atomic E-state index is 14.5. The second-order valence-corrected chi connectivity index (χ2v) is 18.2. The third kappa shape index (κ3) is 10.7. The number of tetrazole rings is 1. The molecule has 0 spiro atoms. The molecule has 2 aliphatic heterocycles. The number of carbonyl (C=O) groups excluding carboxylic acids is 6. The van der Waals surface area contributed by atoms with E-state index >= 15 is 0 Å². The fourth-order valence-electron chi connectivity index (χ4n) is 7.65. The second-order valence-electron chi connectivity index (χ2n) is 17.7. The lowest BCUT2D eigenvalue weighted by Gasteiger charge is -2.38. The molecule has 3 aromatic carbocycles. The van der Waals surface area contributed by atoms with Crippen molar-refractivity contribution < 1.29 is 43.0 Å². The van der Waals surface area contributed by atoms with E-state index in [1.165, 1.54) is 32.9 Å². The summed E-state index contributed by atoms with van der Waals surface area (Å²) < 4.78 is 19.2. The number of benzene rings is 3. The molecule has 342 valence electrons. The van der Waals surface area contributed by atoms with Gasteiger partial charge in [-0.1, -0.05) is 23.7 Å². The fourth-order valence-corrected chi connectivity index (χ4v) is 7.81. The summed E-state index contributed by atoms with van der Waals surface area (Å²) in [4.78, 5) is 87.0. The van der Waals surface area contributed by atoms with Crippen LogP contribution in [0.1, 0.15) is 70.4 Å². The van der Waals surface area contributed by atoms with Crippen LogP contribution in [0, 0.1) is 0 Å². The SMILES string of the molecule is COC1CCN(C(=O)Nc2ccc(C[C@@H](C(=O)Nc3ccc4c(c3)cc(C(=O)OC(C)(C)C)n4C(=O)OC(C)(C)C)N3CCN(c4cc(Cl)ccc4-n4cnnn4)C(=O)C3=O)cc2)CC1. The third-order valence-electron chi connectivity index (χ3n) is 10.7. The molecule has 5 amide bonds. The minimum atomic E-state index is -1.21. The fraction of sp³-hybridized carbons (Fsp3) is 0.400. The van der Waals surface area contributed by atoms with E-state index in [-0.39, 0.29) is 43.0 Å². The highest BCUT2D eigenvalue weighted by Gasteiger charge is 2.41. The quantitative estimate of drug-likeness (QED) is 0.121. The summed E-state index contributed by atoms with van der Waals surface area (Å²) in [5.74, 6) is -3.22. The van der Waals surface area contributed by atoms with Crippen molar-refractivity contribution >= 4 is 75.4 Å². The van der Waals surface area contributed by atoms with Gasteiger partial charge in [-0.25, -0.2) is 19.0 Å². The van der Waals surface area contributed by atoms with Crippen LogP contribution in [0.3, 0.4) is 0 Å². The number of rotatable bonds is 10. The Morgan fingerprint density at radius 2 is 1.49 bits per heavy atom. The van der Waals surface area contributed by atoms with Crippen LogP contribution < -0.4 is 15.5 Å². The lowest BCUT2D eigenvalue weighted by atomic mass is 10.0. The van der Waals surface area contributed by atoms with E-state index in [1.54, 1.807) is 108 Å². The number of esters is 1. The Kier molecular flexibility index (Phi) is 13.3. The van der Waals surface area contributed by atoms with Crippen molar-refractivity contribution in [2.24, 2.45) is 0 Å². The molecule has 2 fully saturated rings. The van der Waals surface area contributed by atoms with Crippen LogP contribution in [0.2, 0.25) is 5.02 Å². The molecule has 2 N–H and O–H groups in total. The lowest BCUT2D eigenvalue weighted by Crippen LogP contribution is -2.60. The number of hydrogen-bond donors (Lipinski definition) is 2. The van der Waals surface area contributed by atoms with Crippen LogP contribution in [-0.4, -0.2) is 127 Å². The zero-order valence-electron chi connectivity index (χ0n) is 37.2. The van der Waals surface area contributed by atoms with Gasteiger partial charge < -0.3 is 39.5 Å². The van der Waals surface area contributed by atoms with Gasteiger partial charge in [0, 0.05) is 61.5 Å². The lowest BCUT2D eigenvalue weighted by molar-refractivity contribution is -0.149. The smallest absolute Gasteiger partial charge is 0.419 e. The van der Waals surface area contributed by atoms with E-state index in [0.717, 1.165) is 17.4 Å². The number of nitrogens with zero attached hydrogens (tertiary/aromatic N) is 8. The molecule has 0 radical (unpaired) electrons. The van der Waals surface area contributed by atoms with Crippen LogP contribution in [0.5, 0.6) is 0 Å². The standard InChI is InChI=1S/C45H51ClN10O9/c1-44(2,3)64-41(60)37-24-28-23-31(13-15-33(28)56(37)43(62)65-45(4,5)6)48-38(57)36(22-27-8-11-30(12-9-27)49-42(61)52-18-16-32(63-7)17-19-52)54-21-20-53(39(58)40(54)59)35-25-29(46)10-14-34(35)55-26-47-50-51-55/h8-15,23-26,32,36H,16-22H2,1-7H3,(H,48,57)(H,49,61)/t36-/m0/s1. The molecule has 4 heterocycles. The number of piperidine rings is 1. The van der Waals surface area contributed by atoms with Gasteiger partial charge in [0.25, 0.3) is 0 Å². The van der Waals surface area contributed by atoms with Gasteiger partial charge in [0.05, 0.1) is 23.0 Å². The zero-order valence-corrected chi connectivity index (χ0v) is 37.9. The van der Waals surface area contributed by atoms with Crippen molar-refractivity contribution in [3.05, 3.63) is 89.3 Å². The van der Waals surface area contributed by atoms with Crippen LogP contribution >= 0.6 is 11.6 Å². The number of anilines is 3. The number of urea groups is 1. The average molecular weight is 911 g/mol. The Balaban J connectivity index is 1.17. The molecule has 19 nitrogen and oxygen atoms in total. The average Bonchev–Trinajstić information content (AvgIpc) is 3.92. The molecule has 0 saturated carbocycles. The number of amides is 5. The van der Waals surface area contributed by atoms with Crippen molar-refractivity contribution in [2.75, 3.05) is 48.8 Å². The molecule has 2 saturated heterocycles. The molecule has 0 aliphatic carbocycles. The number of halogens is 1. The van der Waals surface area contributed by atoms with Crippen molar-refractivity contribution in [3.8, 4) is 5.69 Å². The number of methoxy groups -OCH3 is 1. The number of piperazine rings is 1. The Labute approximate surface area is 379 Å². The molecule has 2 aliphatic rings. The highest BCUT2D eigenvalue weighted by atomic mass is 35.5. The highest BCUT2D eigenvalue weighted by molar-refractivity contribution is 6.41. The van der Waals surface area contributed by atoms with Crippen LogP contribution in [-0.2, 0) is 35.0 Å². The Morgan fingerprint density at radius 3 is 2.14 bits per heavy atom. The summed E-state index contributed by atoms with van der Waals surface area (Å²) in [5.41, 5.74) is 0.632. The predicted octanol–water partition coefficient (Wildman–Crippen LogP) is 6.08. The van der Waals surface area contributed by atoms with Crippen LogP contribution in [0.25, 0.3) is 16.6 Å². The number of nitrogens with one attached hydrogen (secondary N) is 2. The first kappa shape index (κ1) is 46.1. The number of aromatic nitrogens is 5. The number of likely N-dealkylation sites (tertiary alicyclic amines) is 1. The van der Waals surface area contributed by atoms with E-state index < -0.39 is 47.0 Å². The first-order valence-electron chi connectivity index (χ1n) is 21.0. The first-order valence-corrected chi connectivity index (χ1v) is 21.4. The minimum Gasteiger partial charge on any atom is -0.455 e. The topological polar surface area (TPSA) is 212 Å². The minimum absolute atomic E-state index is 0.00595. The van der Waals surface area contributed by atoms with Gasteiger partial charge >= 0.3 is 29.9 Å². The van der Waals surface area contributed by atoms with Gasteiger partial charge in [-0.15, -0.1) is 5.10 Å². The van der Waals surface area contributed by atoms with Gasteiger partial charge in [0.15, 0.2) is 0 Å². The van der Waals surface area contributed by atoms with E-state index in [1.807, 2.05) is 0 Å². The number of ether oxygens (including phenoxy) is 3. The summed E-state index contributed by atoms with van der Waals surface area (Å²) in [6.45, 7) is 11.3. The third-order valence-corrected chi connectivity index (χ3v) is 10.9. The maximum Gasteiger partial charge on any atom is 0.419 e. The van der Waals surface area contributed by atoms with Gasteiger partial charge in [0.2, 0.25) is 5.91 Å². The van der Waals surface area contributed by atoms with Crippen LogP contribution in [0.4, 0.5) is 26.7 Å². The van der Waals surface area contributed by atoms with Crippen molar-refractivity contribution in [3.63, 3.8) is 0 Å². The summed E-state index contributed by atoms with van der Waals surface area (Å²) >= 11 is 6.36. The van der Waals surface area contributed by atoms with Gasteiger partial charge in [-0.05, 0) is 125 Å². The molecule has 7 rings (SSSR count). The highest BCUT2D eigenvalue weighted by Crippen LogP contribution is 2.31. The molecule has 65 heavy (non-hydrogen) atoms. The monoisotopic (exact) mass is 910 g/mol. The van der Waals surface area contributed by atoms with Crippen molar-refractivity contribution in [1.82, 2.24) is 34.6 Å². The molecule has 1 atom stereocenters. The van der Waals surface area contributed by atoms with Crippen molar-refractivity contribution in [2.45, 2.75) is 84.2 Å². The van der Waals surface area contributed by atoms with E-state index in [0.29, 0.717) is 51.6 Å². The van der Waals surface area contributed by atoms with E-state index in [9.17, 15) is 28.8 Å². The molecule has 5 aromatic rings. The number of fused-ring (bicyclic) bond motifs is 1. The molecular formula is C45H51ClN10O9. The number of hydrogen-bond acceptors (Lipinski definition) is 12. The normalized spacial score (nSPS) is 15.5. The maximum atomic E-state index is 14.5. The zero-order chi connectivity index (χ0) is 46.8. The molecule has 0 bridgehead atoms.